The van der Waals surface area contributed by atoms with Crippen molar-refractivity contribution in [3.8, 4) is 11.3 Å². The van der Waals surface area contributed by atoms with Crippen molar-refractivity contribution >= 4 is 28.3 Å². The number of aromatic nitrogens is 1. The van der Waals surface area contributed by atoms with E-state index in [0.29, 0.717) is 5.13 Å². The maximum Gasteiger partial charge on any atom is 0.339 e. The molecule has 36 heavy (non-hydrogen) atoms. The summed E-state index contributed by atoms with van der Waals surface area (Å²) in [6.07, 6.45) is -0.608. The fourth-order valence-electron chi connectivity index (χ4n) is 3.85. The lowest BCUT2D eigenvalue weighted by molar-refractivity contribution is 0.0375. The highest BCUT2D eigenvalue weighted by Gasteiger charge is 2.24. The van der Waals surface area contributed by atoms with Gasteiger partial charge < -0.3 is 4.74 Å². The van der Waals surface area contributed by atoms with E-state index in [2.05, 4.69) is 10.3 Å². The maximum atomic E-state index is 13.4. The average molecular weight is 491 g/mol. The highest BCUT2D eigenvalue weighted by atomic mass is 32.1. The molecule has 0 unspecified atom stereocenters. The summed E-state index contributed by atoms with van der Waals surface area (Å²) < 4.78 is 5.98. The minimum absolute atomic E-state index is 0.187. The fraction of sp³-hybridized carbons (Fsp3) is 0.0333. The van der Waals surface area contributed by atoms with Gasteiger partial charge in [0.25, 0.3) is 5.91 Å². The highest BCUT2D eigenvalue weighted by molar-refractivity contribution is 7.14. The Balaban J connectivity index is 1.38. The molecule has 4 aromatic carbocycles. The third-order valence-electron chi connectivity index (χ3n) is 5.62. The van der Waals surface area contributed by atoms with Gasteiger partial charge in [-0.2, -0.15) is 0 Å². The normalized spacial score (nSPS) is 10.7. The van der Waals surface area contributed by atoms with Crippen molar-refractivity contribution in [2.24, 2.45) is 0 Å². The van der Waals surface area contributed by atoms with E-state index >= 15 is 0 Å². The number of carbonyl (C=O) groups is 2. The number of carbonyl (C=O) groups excluding carboxylic acids is 2. The van der Waals surface area contributed by atoms with Gasteiger partial charge in [-0.25, -0.2) is 9.78 Å². The molecule has 0 aliphatic carbocycles. The Morgan fingerprint density at radius 3 is 1.83 bits per heavy atom. The van der Waals surface area contributed by atoms with E-state index < -0.39 is 18.0 Å². The number of amides is 1. The van der Waals surface area contributed by atoms with Crippen LogP contribution in [0.3, 0.4) is 0 Å². The van der Waals surface area contributed by atoms with Crippen molar-refractivity contribution in [2.75, 3.05) is 5.32 Å². The monoisotopic (exact) mass is 490 g/mol. The Morgan fingerprint density at radius 1 is 0.694 bits per heavy atom. The molecule has 0 bridgehead atoms. The molecule has 0 fully saturated rings. The Bertz CT molecular complexity index is 1430. The molecule has 1 N–H and O–H groups in total. The zero-order chi connectivity index (χ0) is 24.7. The molecule has 0 saturated carbocycles. The molecule has 0 spiro atoms. The van der Waals surface area contributed by atoms with E-state index in [9.17, 15) is 9.59 Å². The predicted octanol–water partition coefficient (Wildman–Crippen LogP) is 7.01. The van der Waals surface area contributed by atoms with Gasteiger partial charge in [-0.05, 0) is 23.3 Å². The van der Waals surface area contributed by atoms with Crippen LogP contribution in [0.5, 0.6) is 0 Å². The van der Waals surface area contributed by atoms with Crippen molar-refractivity contribution < 1.29 is 14.3 Å². The van der Waals surface area contributed by atoms with Gasteiger partial charge in [0.05, 0.1) is 16.8 Å². The Kier molecular flexibility index (Phi) is 6.96. The zero-order valence-electron chi connectivity index (χ0n) is 19.2. The van der Waals surface area contributed by atoms with Gasteiger partial charge in [0.15, 0.2) is 11.2 Å². The van der Waals surface area contributed by atoms with Gasteiger partial charge in [-0.3, -0.25) is 10.1 Å². The molecule has 5 aromatic rings. The van der Waals surface area contributed by atoms with Crippen LogP contribution in [0.15, 0.2) is 121 Å². The minimum Gasteiger partial charge on any atom is -0.449 e. The molecule has 0 radical (unpaired) electrons. The highest BCUT2D eigenvalue weighted by Crippen LogP contribution is 2.28. The predicted molar refractivity (Wildman–Crippen MR) is 142 cm³/mol. The van der Waals surface area contributed by atoms with E-state index in [-0.39, 0.29) is 11.1 Å². The Labute approximate surface area is 213 Å². The molecular formula is C30H22N2O3S. The summed E-state index contributed by atoms with van der Waals surface area (Å²) in [5.74, 6) is -1.00. The number of hydrogen-bond acceptors (Lipinski definition) is 5. The molecule has 0 saturated heterocycles. The van der Waals surface area contributed by atoms with Gasteiger partial charge >= 0.3 is 5.97 Å². The first kappa shape index (κ1) is 23.2. The summed E-state index contributed by atoms with van der Waals surface area (Å²) in [5.41, 5.74) is 3.83. The van der Waals surface area contributed by atoms with Gasteiger partial charge in [-0.1, -0.05) is 103 Å². The second-order valence-corrected chi connectivity index (χ2v) is 8.87. The smallest absolute Gasteiger partial charge is 0.339 e. The lowest BCUT2D eigenvalue weighted by Crippen LogP contribution is -2.19. The van der Waals surface area contributed by atoms with Crippen molar-refractivity contribution in [3.05, 3.63) is 143 Å². The van der Waals surface area contributed by atoms with E-state index in [1.807, 2.05) is 96.4 Å². The molecule has 1 amide bonds. The number of rotatable bonds is 7. The fourth-order valence-corrected chi connectivity index (χ4v) is 4.57. The third kappa shape index (κ3) is 5.24. The number of thiazole rings is 1. The molecule has 5 nitrogen and oxygen atoms in total. The van der Waals surface area contributed by atoms with Crippen molar-refractivity contribution in [1.82, 2.24) is 4.98 Å². The first-order valence-corrected chi connectivity index (χ1v) is 12.3. The van der Waals surface area contributed by atoms with Crippen molar-refractivity contribution in [1.29, 1.82) is 0 Å². The molecule has 0 atom stereocenters. The van der Waals surface area contributed by atoms with Gasteiger partial charge in [-0.15, -0.1) is 11.3 Å². The van der Waals surface area contributed by atoms with Crippen LogP contribution in [0.25, 0.3) is 11.3 Å². The Hall–Kier alpha value is -4.55. The number of benzene rings is 4. The largest absolute Gasteiger partial charge is 0.449 e. The zero-order valence-corrected chi connectivity index (χ0v) is 20.0. The summed E-state index contributed by atoms with van der Waals surface area (Å²) in [6.45, 7) is 0. The van der Waals surface area contributed by atoms with Crippen LogP contribution in [0.1, 0.15) is 37.9 Å². The lowest BCUT2D eigenvalue weighted by Gasteiger charge is -2.19. The van der Waals surface area contributed by atoms with Crippen LogP contribution < -0.4 is 5.32 Å². The molecule has 176 valence electrons. The van der Waals surface area contributed by atoms with Crippen LogP contribution in [-0.4, -0.2) is 16.9 Å². The molecule has 0 aliphatic rings. The second kappa shape index (κ2) is 10.8. The van der Waals surface area contributed by atoms with Gasteiger partial charge in [0.2, 0.25) is 0 Å². The average Bonchev–Trinajstić information content (AvgIpc) is 3.41. The Morgan fingerprint density at radius 2 is 1.22 bits per heavy atom. The number of ether oxygens (including phenoxy) is 1. The van der Waals surface area contributed by atoms with Crippen LogP contribution in [0, 0.1) is 0 Å². The third-order valence-corrected chi connectivity index (χ3v) is 6.37. The first-order valence-electron chi connectivity index (χ1n) is 11.4. The van der Waals surface area contributed by atoms with Gasteiger partial charge in [0, 0.05) is 10.9 Å². The molecule has 1 heterocycles. The summed E-state index contributed by atoms with van der Waals surface area (Å²) in [6, 6.07) is 35.5. The minimum atomic E-state index is -0.608. The maximum absolute atomic E-state index is 13.4. The summed E-state index contributed by atoms with van der Waals surface area (Å²) in [5, 5.41) is 5.16. The van der Waals surface area contributed by atoms with E-state index in [4.69, 9.17) is 4.74 Å². The molecule has 5 rings (SSSR count). The summed E-state index contributed by atoms with van der Waals surface area (Å²) in [7, 11) is 0. The lowest BCUT2D eigenvalue weighted by atomic mass is 10.0. The summed E-state index contributed by atoms with van der Waals surface area (Å²) in [4.78, 5) is 31.0. The van der Waals surface area contributed by atoms with Crippen LogP contribution in [0.2, 0.25) is 0 Å². The van der Waals surface area contributed by atoms with Crippen molar-refractivity contribution in [2.45, 2.75) is 6.10 Å². The van der Waals surface area contributed by atoms with Gasteiger partial charge in [0.1, 0.15) is 0 Å². The van der Waals surface area contributed by atoms with E-state index in [1.54, 1.807) is 24.3 Å². The molecular weight excluding hydrogens is 468 g/mol. The van der Waals surface area contributed by atoms with Crippen molar-refractivity contribution in [3.63, 3.8) is 0 Å². The first-order chi connectivity index (χ1) is 17.7. The SMILES string of the molecule is O=C(Nc1nc(-c2ccccc2)cs1)c1ccccc1C(=O)OC(c1ccccc1)c1ccccc1. The number of esters is 1. The van der Waals surface area contributed by atoms with E-state index in [1.165, 1.54) is 11.3 Å². The number of anilines is 1. The topological polar surface area (TPSA) is 68.3 Å². The van der Waals surface area contributed by atoms with Crippen LogP contribution >= 0.6 is 11.3 Å². The number of nitrogens with zero attached hydrogens (tertiary/aromatic N) is 1. The number of hydrogen-bond donors (Lipinski definition) is 1. The van der Waals surface area contributed by atoms with Crippen LogP contribution in [0.4, 0.5) is 5.13 Å². The molecule has 0 aliphatic heterocycles. The van der Waals surface area contributed by atoms with Crippen LogP contribution in [-0.2, 0) is 4.74 Å². The second-order valence-electron chi connectivity index (χ2n) is 8.01. The number of nitrogens with one attached hydrogen (secondary N) is 1. The molecule has 6 heteroatoms. The molecule has 1 aromatic heterocycles. The summed E-state index contributed by atoms with van der Waals surface area (Å²) >= 11 is 1.33. The standard InChI is InChI=1S/C30H22N2O3S/c33-28(32-30-31-26(20-36-30)21-12-4-1-5-13-21)24-18-10-11-19-25(24)29(34)35-27(22-14-6-2-7-15-22)23-16-8-3-9-17-23/h1-20,27H,(H,31,32,33). The quantitative estimate of drug-likeness (QED) is 0.249. The van der Waals surface area contributed by atoms with E-state index in [0.717, 1.165) is 22.4 Å².